The van der Waals surface area contributed by atoms with E-state index in [1.54, 1.807) is 18.2 Å². The Morgan fingerprint density at radius 3 is 2.82 bits per heavy atom. The molecule has 33 heavy (non-hydrogen) atoms. The van der Waals surface area contributed by atoms with Crippen molar-refractivity contribution < 1.29 is 18.7 Å². The van der Waals surface area contributed by atoms with E-state index in [4.69, 9.17) is 32.4 Å². The van der Waals surface area contributed by atoms with Crippen molar-refractivity contribution in [3.63, 3.8) is 0 Å². The number of halogens is 2. The molecule has 9 heteroatoms. The van der Waals surface area contributed by atoms with E-state index in [0.717, 1.165) is 55.5 Å². The summed E-state index contributed by atoms with van der Waals surface area (Å²) in [5.74, 6) is 1.02. The molecule has 1 saturated heterocycles. The van der Waals surface area contributed by atoms with E-state index < -0.39 is 5.91 Å². The molecule has 1 atom stereocenters. The number of ether oxygens (including phenoxy) is 1. The number of fused-ring (bicyclic) bond motifs is 1. The smallest absolute Gasteiger partial charge is 0.290 e. The van der Waals surface area contributed by atoms with Crippen LogP contribution < -0.4 is 10.2 Å². The highest BCUT2D eigenvalue weighted by atomic mass is 35.5. The fourth-order valence-corrected chi connectivity index (χ4v) is 4.88. The first-order valence-corrected chi connectivity index (χ1v) is 12.0. The van der Waals surface area contributed by atoms with Crippen molar-refractivity contribution in [1.29, 1.82) is 0 Å². The maximum atomic E-state index is 13.2. The minimum atomic E-state index is -0.416. The summed E-state index contributed by atoms with van der Waals surface area (Å²) >= 11 is 11.9. The van der Waals surface area contributed by atoms with Crippen LogP contribution in [0.3, 0.4) is 0 Å². The van der Waals surface area contributed by atoms with Crippen LogP contribution in [0.1, 0.15) is 66.5 Å². The lowest BCUT2D eigenvalue weighted by atomic mass is 9.93. The Hall–Kier alpha value is -2.51. The van der Waals surface area contributed by atoms with Gasteiger partial charge in [0.15, 0.2) is 12.4 Å². The van der Waals surface area contributed by atoms with Crippen molar-refractivity contribution in [1.82, 2.24) is 10.3 Å². The van der Waals surface area contributed by atoms with Gasteiger partial charge in [0.05, 0.1) is 10.7 Å². The van der Waals surface area contributed by atoms with Gasteiger partial charge in [0.1, 0.15) is 11.5 Å². The van der Waals surface area contributed by atoms with Gasteiger partial charge < -0.3 is 14.1 Å². The van der Waals surface area contributed by atoms with E-state index in [0.29, 0.717) is 33.7 Å². The zero-order chi connectivity index (χ0) is 23.5. The Balaban J connectivity index is 1.46. The molecule has 2 aliphatic rings. The fourth-order valence-electron chi connectivity index (χ4n) is 4.41. The molecule has 1 N–H and O–H groups in total. The molecule has 1 aliphatic carbocycles. The summed E-state index contributed by atoms with van der Waals surface area (Å²) in [5, 5.41) is 5.14. The van der Waals surface area contributed by atoms with Crippen LogP contribution in [-0.2, 0) is 11.2 Å². The van der Waals surface area contributed by atoms with Crippen LogP contribution in [0.2, 0.25) is 10.0 Å². The number of carbonyl (C=O) groups is 2. The normalized spacial score (nSPS) is 19.3. The van der Waals surface area contributed by atoms with E-state index >= 15 is 0 Å². The van der Waals surface area contributed by atoms with Crippen LogP contribution >= 0.6 is 23.2 Å². The number of hydrogen-bond donors (Lipinski definition) is 1. The molecule has 2 aromatic rings. The van der Waals surface area contributed by atoms with Gasteiger partial charge in [-0.25, -0.2) is 5.43 Å². The summed E-state index contributed by atoms with van der Waals surface area (Å²) in [6.45, 7) is 4.47. The second-order valence-corrected chi connectivity index (χ2v) is 9.35. The lowest BCUT2D eigenvalue weighted by molar-refractivity contribution is -0.123. The predicted molar refractivity (Wildman–Crippen MR) is 127 cm³/mol. The third-order valence-electron chi connectivity index (χ3n) is 6.15. The zero-order valence-electron chi connectivity index (χ0n) is 18.7. The Bertz CT molecular complexity index is 1100. The number of amides is 2. The van der Waals surface area contributed by atoms with Gasteiger partial charge in [-0.15, -0.1) is 0 Å². The van der Waals surface area contributed by atoms with Crippen LogP contribution in [0, 0.1) is 6.92 Å². The van der Waals surface area contributed by atoms with Crippen LogP contribution in [-0.4, -0.2) is 41.6 Å². The van der Waals surface area contributed by atoms with Crippen LogP contribution in [0.5, 0.6) is 5.75 Å². The van der Waals surface area contributed by atoms with Crippen LogP contribution in [0.25, 0.3) is 0 Å². The highest BCUT2D eigenvalue weighted by Gasteiger charge is 2.32. The van der Waals surface area contributed by atoms with Gasteiger partial charge in [-0.2, -0.15) is 5.10 Å². The summed E-state index contributed by atoms with van der Waals surface area (Å²) in [6.07, 6.45) is 5.42. The molecule has 0 bridgehead atoms. The summed E-state index contributed by atoms with van der Waals surface area (Å²) in [6, 6.07) is 4.99. The second-order valence-electron chi connectivity index (χ2n) is 8.51. The minimum absolute atomic E-state index is 0.0641. The Morgan fingerprint density at radius 2 is 2.06 bits per heavy atom. The number of piperidine rings is 1. The number of carbonyl (C=O) groups excluding carboxylic acids is 2. The van der Waals surface area contributed by atoms with Crippen LogP contribution in [0.15, 0.2) is 27.7 Å². The number of likely N-dealkylation sites (tertiary alicyclic amines) is 1. The Labute approximate surface area is 203 Å². The first kappa shape index (κ1) is 23.6. The first-order chi connectivity index (χ1) is 15.8. The summed E-state index contributed by atoms with van der Waals surface area (Å²) in [4.78, 5) is 27.4. The number of hydrogen-bond acceptors (Lipinski definition) is 5. The number of hydrazone groups is 1. The first-order valence-electron chi connectivity index (χ1n) is 11.2. The molecule has 7 nitrogen and oxygen atoms in total. The summed E-state index contributed by atoms with van der Waals surface area (Å²) in [5.41, 5.74) is 4.87. The number of aryl methyl sites for hydroxylation is 1. The van der Waals surface area contributed by atoms with Gasteiger partial charge in [-0.05, 0) is 64.2 Å². The fraction of sp³-hybridized carbons (Fsp3) is 0.458. The molecule has 0 saturated carbocycles. The van der Waals surface area contributed by atoms with E-state index in [9.17, 15) is 9.59 Å². The molecule has 1 fully saturated rings. The molecule has 4 rings (SSSR count). The monoisotopic (exact) mass is 491 g/mol. The van der Waals surface area contributed by atoms with Gasteiger partial charge in [-0.3, -0.25) is 9.59 Å². The molecule has 0 radical (unpaired) electrons. The van der Waals surface area contributed by atoms with Crippen molar-refractivity contribution in [3.8, 4) is 5.75 Å². The average Bonchev–Trinajstić information content (AvgIpc) is 3.14. The lowest BCUT2D eigenvalue weighted by Gasteiger charge is -2.32. The molecule has 2 amide bonds. The van der Waals surface area contributed by atoms with Crippen molar-refractivity contribution >= 4 is 40.7 Å². The molecule has 176 valence electrons. The molecule has 1 aromatic heterocycles. The number of furan rings is 1. The molecule has 1 aliphatic heterocycles. The van der Waals surface area contributed by atoms with Gasteiger partial charge in [0.25, 0.3) is 11.8 Å². The predicted octanol–water partition coefficient (Wildman–Crippen LogP) is 5.15. The maximum absolute atomic E-state index is 13.2. The van der Waals surface area contributed by atoms with E-state index in [1.807, 2.05) is 11.8 Å². The van der Waals surface area contributed by atoms with Gasteiger partial charge in [0.2, 0.25) is 0 Å². The van der Waals surface area contributed by atoms with E-state index in [2.05, 4.69) is 17.5 Å². The van der Waals surface area contributed by atoms with E-state index in [1.165, 1.54) is 0 Å². The third-order valence-corrected chi connectivity index (χ3v) is 6.68. The SMILES string of the molecule is Cc1c(C(=O)N2CCCCC2C)oc2c1/C(=N/NC(=O)COc1ccc(Cl)cc1Cl)CCC2. The van der Waals surface area contributed by atoms with E-state index in [-0.39, 0.29) is 18.6 Å². The number of nitrogens with one attached hydrogen (secondary N) is 1. The summed E-state index contributed by atoms with van der Waals surface area (Å²) in [7, 11) is 0. The van der Waals surface area contributed by atoms with Gasteiger partial charge in [0, 0.05) is 35.2 Å². The lowest BCUT2D eigenvalue weighted by Crippen LogP contribution is -2.42. The third kappa shape index (κ3) is 5.20. The van der Waals surface area contributed by atoms with Crippen molar-refractivity contribution in [2.75, 3.05) is 13.2 Å². The highest BCUT2D eigenvalue weighted by molar-refractivity contribution is 6.35. The molecule has 1 unspecified atom stereocenters. The average molecular weight is 492 g/mol. The number of rotatable bonds is 5. The molecule has 0 spiro atoms. The molecule has 2 heterocycles. The Morgan fingerprint density at radius 1 is 1.24 bits per heavy atom. The minimum Gasteiger partial charge on any atom is -0.482 e. The molecular formula is C24H27Cl2N3O4. The number of benzene rings is 1. The largest absolute Gasteiger partial charge is 0.482 e. The highest BCUT2D eigenvalue weighted by Crippen LogP contribution is 2.32. The second kappa shape index (κ2) is 10.2. The van der Waals surface area contributed by atoms with Gasteiger partial charge in [-0.1, -0.05) is 23.2 Å². The van der Waals surface area contributed by atoms with Crippen molar-refractivity contribution in [2.45, 2.75) is 58.4 Å². The maximum Gasteiger partial charge on any atom is 0.290 e. The van der Waals surface area contributed by atoms with Gasteiger partial charge >= 0.3 is 0 Å². The van der Waals surface area contributed by atoms with Crippen molar-refractivity contribution in [2.24, 2.45) is 5.10 Å². The zero-order valence-corrected chi connectivity index (χ0v) is 20.3. The van der Waals surface area contributed by atoms with Crippen LogP contribution in [0.4, 0.5) is 0 Å². The molecule has 1 aromatic carbocycles. The summed E-state index contributed by atoms with van der Waals surface area (Å²) < 4.78 is 11.5. The Kier molecular flexibility index (Phi) is 7.29. The standard InChI is InChI=1S/C24H27Cl2N3O4/c1-14-6-3-4-11-29(14)24(31)23-15(2)22-18(7-5-8-20(22)33-23)27-28-21(30)13-32-19-10-9-16(25)12-17(19)26/h9-10,12,14H,3-8,11,13H2,1-2H3,(H,28,30)/b27-18+. The van der Waals surface area contributed by atoms with Crippen molar-refractivity contribution in [3.05, 3.63) is 50.9 Å². The quantitative estimate of drug-likeness (QED) is 0.586. The topological polar surface area (TPSA) is 84.1 Å². The number of nitrogens with zero attached hydrogens (tertiary/aromatic N) is 2. The molecular weight excluding hydrogens is 465 g/mol.